The van der Waals surface area contributed by atoms with Crippen molar-refractivity contribution in [2.75, 3.05) is 14.2 Å². The predicted molar refractivity (Wildman–Crippen MR) is 62.1 cm³/mol. The molecule has 1 aliphatic rings. The summed E-state index contributed by atoms with van der Waals surface area (Å²) in [6, 6.07) is 5.91. The first kappa shape index (κ1) is 11.3. The zero-order valence-corrected chi connectivity index (χ0v) is 9.93. The highest BCUT2D eigenvalue weighted by atomic mass is 16.5. The van der Waals surface area contributed by atoms with Crippen LogP contribution in [-0.2, 0) is 0 Å². The van der Waals surface area contributed by atoms with E-state index in [1.165, 1.54) is 5.56 Å². The average Bonchev–Trinajstić information content (AvgIpc) is 3.08. The summed E-state index contributed by atoms with van der Waals surface area (Å²) in [7, 11) is 3.30. The van der Waals surface area contributed by atoms with Crippen LogP contribution in [0.25, 0.3) is 0 Å². The van der Waals surface area contributed by atoms with Crippen molar-refractivity contribution in [3.8, 4) is 11.5 Å². The van der Waals surface area contributed by atoms with Gasteiger partial charge in [0.05, 0.1) is 20.3 Å². The van der Waals surface area contributed by atoms with Crippen molar-refractivity contribution in [3.05, 3.63) is 23.8 Å². The molecule has 3 heteroatoms. The fourth-order valence-corrected chi connectivity index (χ4v) is 2.17. The highest BCUT2D eigenvalue weighted by Gasteiger charge is 2.41. The number of aliphatic hydroxyl groups is 1. The van der Waals surface area contributed by atoms with Gasteiger partial charge in [-0.15, -0.1) is 0 Å². The van der Waals surface area contributed by atoms with Gasteiger partial charge in [0.25, 0.3) is 0 Å². The first-order valence-electron chi connectivity index (χ1n) is 5.56. The van der Waals surface area contributed by atoms with Crippen molar-refractivity contribution < 1.29 is 14.6 Å². The van der Waals surface area contributed by atoms with E-state index in [4.69, 9.17) is 9.47 Å². The Morgan fingerprint density at radius 2 is 1.75 bits per heavy atom. The summed E-state index contributed by atoms with van der Waals surface area (Å²) in [6.45, 7) is 1.85. The molecule has 0 unspecified atom stereocenters. The molecule has 0 radical (unpaired) electrons. The molecule has 1 aromatic rings. The molecule has 2 rings (SSSR count). The van der Waals surface area contributed by atoms with Crippen LogP contribution in [0.3, 0.4) is 0 Å². The lowest BCUT2D eigenvalue weighted by Crippen LogP contribution is -2.03. The van der Waals surface area contributed by atoms with Gasteiger partial charge in [-0.25, -0.2) is 0 Å². The highest BCUT2D eigenvalue weighted by Crippen LogP contribution is 2.50. The Labute approximate surface area is 96.0 Å². The summed E-state index contributed by atoms with van der Waals surface area (Å²) in [4.78, 5) is 0. The molecule has 1 aromatic carbocycles. The van der Waals surface area contributed by atoms with Gasteiger partial charge < -0.3 is 14.6 Å². The van der Waals surface area contributed by atoms with E-state index >= 15 is 0 Å². The molecule has 1 fully saturated rings. The Bertz CT molecular complexity index is 351. The van der Waals surface area contributed by atoms with E-state index in [0.717, 1.165) is 17.9 Å². The van der Waals surface area contributed by atoms with Crippen molar-refractivity contribution in [1.82, 2.24) is 0 Å². The number of benzene rings is 1. The molecule has 0 aromatic heterocycles. The van der Waals surface area contributed by atoms with Gasteiger partial charge in [-0.3, -0.25) is 0 Å². The van der Waals surface area contributed by atoms with E-state index in [9.17, 15) is 5.11 Å². The second kappa shape index (κ2) is 4.34. The second-order valence-electron chi connectivity index (χ2n) is 4.39. The molecule has 0 amide bonds. The minimum absolute atomic E-state index is 0.234. The summed E-state index contributed by atoms with van der Waals surface area (Å²) in [6.07, 6.45) is 0.816. The Hall–Kier alpha value is -1.22. The lowest BCUT2D eigenvalue weighted by atomic mass is 10.1. The minimum atomic E-state index is -0.234. The SMILES string of the molecule is COc1cc(OC)cc([C@@H]2C[C@@H]2[C@@H](C)O)c1. The number of hydrogen-bond acceptors (Lipinski definition) is 3. The average molecular weight is 222 g/mol. The Morgan fingerprint density at radius 3 is 2.12 bits per heavy atom. The van der Waals surface area contributed by atoms with Gasteiger partial charge >= 0.3 is 0 Å². The van der Waals surface area contributed by atoms with Gasteiger partial charge in [0.2, 0.25) is 0 Å². The molecule has 0 saturated heterocycles. The Morgan fingerprint density at radius 1 is 1.19 bits per heavy atom. The third kappa shape index (κ3) is 2.14. The molecule has 0 bridgehead atoms. The summed E-state index contributed by atoms with van der Waals surface area (Å²) in [5.74, 6) is 2.46. The van der Waals surface area contributed by atoms with Crippen LogP contribution >= 0.6 is 0 Å². The summed E-state index contributed by atoms with van der Waals surface area (Å²) < 4.78 is 10.5. The standard InChI is InChI=1S/C13H18O3/c1-8(14)12-7-13(12)9-4-10(15-2)6-11(5-9)16-3/h4-6,8,12-14H,7H2,1-3H3/t8-,12-,13+/m1/s1. The third-order valence-corrected chi connectivity index (χ3v) is 3.26. The molecule has 0 heterocycles. The zero-order chi connectivity index (χ0) is 11.7. The maximum absolute atomic E-state index is 9.51. The van der Waals surface area contributed by atoms with E-state index in [-0.39, 0.29) is 6.10 Å². The van der Waals surface area contributed by atoms with E-state index < -0.39 is 0 Å². The van der Waals surface area contributed by atoms with E-state index in [0.29, 0.717) is 11.8 Å². The molecule has 1 aliphatic carbocycles. The summed E-state index contributed by atoms with van der Waals surface area (Å²) in [5.41, 5.74) is 1.20. The minimum Gasteiger partial charge on any atom is -0.497 e. The molecule has 1 saturated carbocycles. The Balaban J connectivity index is 2.21. The first-order chi connectivity index (χ1) is 7.65. The third-order valence-electron chi connectivity index (χ3n) is 3.26. The lowest BCUT2D eigenvalue weighted by Gasteiger charge is -2.09. The zero-order valence-electron chi connectivity index (χ0n) is 9.93. The van der Waals surface area contributed by atoms with Gasteiger partial charge in [-0.05, 0) is 42.9 Å². The van der Waals surface area contributed by atoms with Crippen LogP contribution < -0.4 is 9.47 Å². The number of rotatable bonds is 4. The second-order valence-corrected chi connectivity index (χ2v) is 4.39. The van der Waals surface area contributed by atoms with Crippen LogP contribution in [-0.4, -0.2) is 25.4 Å². The van der Waals surface area contributed by atoms with Crippen LogP contribution in [0.2, 0.25) is 0 Å². The number of aliphatic hydroxyl groups excluding tert-OH is 1. The molecule has 0 aliphatic heterocycles. The van der Waals surface area contributed by atoms with Gasteiger partial charge in [0.15, 0.2) is 0 Å². The molecule has 0 spiro atoms. The van der Waals surface area contributed by atoms with Crippen LogP contribution in [0.5, 0.6) is 11.5 Å². The topological polar surface area (TPSA) is 38.7 Å². The quantitative estimate of drug-likeness (QED) is 0.848. The maximum atomic E-state index is 9.51. The van der Waals surface area contributed by atoms with Crippen molar-refractivity contribution in [3.63, 3.8) is 0 Å². The van der Waals surface area contributed by atoms with Crippen molar-refractivity contribution in [1.29, 1.82) is 0 Å². The van der Waals surface area contributed by atoms with E-state index in [1.54, 1.807) is 14.2 Å². The Kier molecular flexibility index (Phi) is 3.06. The normalized spacial score (nSPS) is 25.0. The summed E-state index contributed by atoms with van der Waals surface area (Å²) in [5, 5.41) is 9.51. The van der Waals surface area contributed by atoms with Crippen molar-refractivity contribution in [2.45, 2.75) is 25.4 Å². The maximum Gasteiger partial charge on any atom is 0.122 e. The van der Waals surface area contributed by atoms with Crippen LogP contribution in [0.4, 0.5) is 0 Å². The van der Waals surface area contributed by atoms with Crippen molar-refractivity contribution >= 4 is 0 Å². The van der Waals surface area contributed by atoms with E-state index in [2.05, 4.69) is 0 Å². The molecule has 16 heavy (non-hydrogen) atoms. The van der Waals surface area contributed by atoms with Crippen LogP contribution in [0.1, 0.15) is 24.8 Å². The van der Waals surface area contributed by atoms with Gasteiger partial charge in [0, 0.05) is 6.07 Å². The fourth-order valence-electron chi connectivity index (χ4n) is 2.17. The molecule has 88 valence electrons. The van der Waals surface area contributed by atoms with Crippen LogP contribution in [0, 0.1) is 5.92 Å². The highest BCUT2D eigenvalue weighted by molar-refractivity contribution is 5.42. The van der Waals surface area contributed by atoms with Crippen molar-refractivity contribution in [2.24, 2.45) is 5.92 Å². The largest absolute Gasteiger partial charge is 0.497 e. The van der Waals surface area contributed by atoms with Gasteiger partial charge in [-0.1, -0.05) is 0 Å². The fraction of sp³-hybridized carbons (Fsp3) is 0.538. The molecule has 3 atom stereocenters. The number of methoxy groups -OCH3 is 2. The first-order valence-corrected chi connectivity index (χ1v) is 5.56. The monoisotopic (exact) mass is 222 g/mol. The smallest absolute Gasteiger partial charge is 0.122 e. The number of hydrogen-bond donors (Lipinski definition) is 1. The number of ether oxygens (including phenoxy) is 2. The molecule has 1 N–H and O–H groups in total. The van der Waals surface area contributed by atoms with Crippen LogP contribution in [0.15, 0.2) is 18.2 Å². The van der Waals surface area contributed by atoms with E-state index in [1.807, 2.05) is 25.1 Å². The lowest BCUT2D eigenvalue weighted by molar-refractivity contribution is 0.169. The molecular formula is C13H18O3. The summed E-state index contributed by atoms with van der Waals surface area (Å²) >= 11 is 0. The molecule has 3 nitrogen and oxygen atoms in total. The van der Waals surface area contributed by atoms with Gasteiger partial charge in [-0.2, -0.15) is 0 Å². The molecular weight excluding hydrogens is 204 g/mol. The predicted octanol–water partition coefficient (Wildman–Crippen LogP) is 2.19. The van der Waals surface area contributed by atoms with Gasteiger partial charge in [0.1, 0.15) is 11.5 Å².